The van der Waals surface area contributed by atoms with Gasteiger partial charge >= 0.3 is 0 Å². The van der Waals surface area contributed by atoms with Crippen LogP contribution in [0.3, 0.4) is 0 Å². The number of hydrogen-bond donors (Lipinski definition) is 8. The van der Waals surface area contributed by atoms with Gasteiger partial charge in [-0.15, -0.1) is 0 Å². The van der Waals surface area contributed by atoms with E-state index in [0.717, 1.165) is 75.3 Å². The van der Waals surface area contributed by atoms with Gasteiger partial charge in [0, 0.05) is 50.9 Å². The number of nitrogens with one attached hydrogen (secondary N) is 6. The molecule has 0 heterocycles. The molecule has 16 heteroatoms. The highest BCUT2D eigenvalue weighted by atomic mass is 16.2. The molecule has 8 unspecified atom stereocenters. The lowest BCUT2D eigenvalue weighted by atomic mass is 9.81. The van der Waals surface area contributed by atoms with Crippen molar-refractivity contribution in [1.82, 2.24) is 31.9 Å². The molecule has 16 nitrogen and oxygen atoms in total. The fraction of sp³-hybridized carbons (Fsp3) is 0.600. The minimum atomic E-state index is -0.715. The van der Waals surface area contributed by atoms with E-state index in [2.05, 4.69) is 31.9 Å². The van der Waals surface area contributed by atoms with Crippen LogP contribution in [0, 0.1) is 23.7 Å². The van der Waals surface area contributed by atoms with Gasteiger partial charge in [-0.05, 0) is 62.5 Å². The fourth-order valence-corrected chi connectivity index (χ4v) is 10.3. The first-order chi connectivity index (χ1) is 31.7. The smallest absolute Gasteiger partial charge is 0.243 e. The first-order valence-electron chi connectivity index (χ1n) is 24.1. The molecule has 2 aromatic rings. The van der Waals surface area contributed by atoms with Gasteiger partial charge in [-0.25, -0.2) is 0 Å². The molecule has 4 saturated carbocycles. The van der Waals surface area contributed by atoms with Crippen LogP contribution in [0.15, 0.2) is 60.7 Å². The zero-order valence-electron chi connectivity index (χ0n) is 38.7. The average Bonchev–Trinajstić information content (AvgIpc) is 3.29. The summed E-state index contributed by atoms with van der Waals surface area (Å²) in [4.78, 5) is 99.7. The summed E-state index contributed by atoms with van der Waals surface area (Å²) >= 11 is 0. The van der Waals surface area contributed by atoms with Gasteiger partial charge in [0.25, 0.3) is 0 Å². The molecule has 10 N–H and O–H groups in total. The zero-order chi connectivity index (χ0) is 47.6. The van der Waals surface area contributed by atoms with Crippen molar-refractivity contribution in [2.75, 3.05) is 0 Å². The second-order valence-electron chi connectivity index (χ2n) is 18.7. The molecule has 6 rings (SSSR count). The molecule has 4 aliphatic rings. The number of rotatable bonds is 16. The van der Waals surface area contributed by atoms with E-state index in [1.54, 1.807) is 0 Å². The summed E-state index contributed by atoms with van der Waals surface area (Å²) in [6.07, 6.45) is 13.8. The number of carbonyl (C=O) groups is 8. The van der Waals surface area contributed by atoms with E-state index in [1.165, 1.54) is 13.8 Å². The van der Waals surface area contributed by atoms with Crippen molar-refractivity contribution >= 4 is 47.3 Å². The third kappa shape index (κ3) is 15.7. The lowest BCUT2D eigenvalue weighted by Crippen LogP contribution is -2.56. The normalized spacial score (nSPS) is 26.0. The third-order valence-corrected chi connectivity index (χ3v) is 13.7. The maximum atomic E-state index is 13.2. The monoisotopic (exact) mass is 913 g/mol. The van der Waals surface area contributed by atoms with E-state index in [1.807, 2.05) is 60.7 Å². The number of benzene rings is 2. The largest absolute Gasteiger partial charge is 0.369 e. The van der Waals surface area contributed by atoms with E-state index in [0.29, 0.717) is 51.4 Å². The SMILES string of the molecule is CC(=O)N[C@@H](Cc1ccccc1)C(=O)NC1CCCCC1C(=O)NC1CCCCC1C(N)=O.CC(=O)N[C@H](Cc1ccccc1)C(=O)NC1CCCCC1C(=O)NC1CCCCC1C(N)=O. The molecular formula is C50H72N8O8. The van der Waals surface area contributed by atoms with Gasteiger partial charge in [0.2, 0.25) is 47.3 Å². The Kier molecular flexibility index (Phi) is 20.0. The maximum Gasteiger partial charge on any atom is 0.243 e. The molecule has 2 aromatic carbocycles. The summed E-state index contributed by atoms with van der Waals surface area (Å²) in [6, 6.07) is 16.5. The predicted molar refractivity (Wildman–Crippen MR) is 249 cm³/mol. The predicted octanol–water partition coefficient (Wildman–Crippen LogP) is 3.14. The van der Waals surface area contributed by atoms with Crippen molar-refractivity contribution in [1.29, 1.82) is 0 Å². The minimum absolute atomic E-state index is 0.128. The van der Waals surface area contributed by atoms with Crippen LogP contribution >= 0.6 is 0 Å². The first-order valence-corrected chi connectivity index (χ1v) is 24.1. The van der Waals surface area contributed by atoms with E-state index >= 15 is 0 Å². The Morgan fingerprint density at radius 1 is 0.439 bits per heavy atom. The van der Waals surface area contributed by atoms with Crippen molar-refractivity contribution in [2.45, 2.75) is 166 Å². The number of primary amides is 2. The van der Waals surface area contributed by atoms with Crippen molar-refractivity contribution in [2.24, 2.45) is 35.1 Å². The maximum absolute atomic E-state index is 13.2. The Morgan fingerprint density at radius 2 is 0.727 bits per heavy atom. The number of amides is 8. The fourth-order valence-electron chi connectivity index (χ4n) is 10.3. The van der Waals surface area contributed by atoms with Gasteiger partial charge in [-0.2, -0.15) is 0 Å². The highest BCUT2D eigenvalue weighted by Gasteiger charge is 2.39. The molecule has 0 aliphatic heterocycles. The highest BCUT2D eigenvalue weighted by molar-refractivity contribution is 5.89. The van der Waals surface area contributed by atoms with Gasteiger partial charge < -0.3 is 43.4 Å². The van der Waals surface area contributed by atoms with Crippen LogP contribution < -0.4 is 43.4 Å². The Labute approximate surface area is 389 Å². The molecule has 8 amide bonds. The van der Waals surface area contributed by atoms with E-state index in [4.69, 9.17) is 11.5 Å². The van der Waals surface area contributed by atoms with Crippen LogP contribution in [0.1, 0.15) is 128 Å². The van der Waals surface area contributed by atoms with E-state index in [-0.39, 0.29) is 95.1 Å². The van der Waals surface area contributed by atoms with Crippen LogP contribution in [-0.4, -0.2) is 83.5 Å². The standard InChI is InChI=1S/2C25H36N4O4/c2*1-16(30)27-22(15-17-9-3-2-4-10-17)25(33)29-21-14-8-6-12-19(21)24(32)28-20-13-7-5-11-18(20)23(26)31/h2*2-4,9-10,18-22H,5-8,11-15H2,1H3,(H2,26,31)(H,27,30)(H,28,32)(H,29,33)/t2*18?,19?,20?,21?,22-/m10/s1. The van der Waals surface area contributed by atoms with Crippen LogP contribution in [0.5, 0.6) is 0 Å². The van der Waals surface area contributed by atoms with Crippen LogP contribution in [0.25, 0.3) is 0 Å². The second-order valence-corrected chi connectivity index (χ2v) is 18.7. The van der Waals surface area contributed by atoms with Gasteiger partial charge in [-0.1, -0.05) is 112 Å². The quantitative estimate of drug-likeness (QED) is 0.124. The van der Waals surface area contributed by atoms with Crippen LogP contribution in [0.2, 0.25) is 0 Å². The summed E-state index contributed by atoms with van der Waals surface area (Å²) in [7, 11) is 0. The van der Waals surface area contributed by atoms with E-state index < -0.39 is 12.1 Å². The Hall–Kier alpha value is -5.80. The number of carbonyl (C=O) groups excluding carboxylic acids is 8. The van der Waals surface area contributed by atoms with Crippen LogP contribution in [0.4, 0.5) is 0 Å². The summed E-state index contributed by atoms with van der Waals surface area (Å²) in [5.74, 6) is -3.53. The van der Waals surface area contributed by atoms with Crippen molar-refractivity contribution < 1.29 is 38.4 Å². The molecule has 360 valence electrons. The van der Waals surface area contributed by atoms with Gasteiger partial charge in [0.05, 0.1) is 23.7 Å². The molecule has 66 heavy (non-hydrogen) atoms. The summed E-state index contributed by atoms with van der Waals surface area (Å²) in [6.45, 7) is 2.78. The van der Waals surface area contributed by atoms with Crippen molar-refractivity contribution in [3.63, 3.8) is 0 Å². The molecule has 0 spiro atoms. The van der Waals surface area contributed by atoms with E-state index in [9.17, 15) is 38.4 Å². The number of hydrogen-bond acceptors (Lipinski definition) is 8. The lowest BCUT2D eigenvalue weighted by molar-refractivity contribution is -0.133. The van der Waals surface area contributed by atoms with Crippen molar-refractivity contribution in [3.8, 4) is 0 Å². The van der Waals surface area contributed by atoms with Gasteiger partial charge in [-0.3, -0.25) is 38.4 Å². The average molecular weight is 913 g/mol. The number of nitrogens with two attached hydrogens (primary N) is 2. The third-order valence-electron chi connectivity index (χ3n) is 13.7. The molecule has 4 fully saturated rings. The summed E-state index contributed by atoms with van der Waals surface area (Å²) < 4.78 is 0. The molecule has 0 radical (unpaired) electrons. The first kappa shape index (κ1) is 51.2. The van der Waals surface area contributed by atoms with Gasteiger partial charge in [0.15, 0.2) is 0 Å². The molecule has 4 aliphatic carbocycles. The lowest BCUT2D eigenvalue weighted by Gasteiger charge is -2.35. The Morgan fingerprint density at radius 3 is 1.03 bits per heavy atom. The summed E-state index contributed by atoms with van der Waals surface area (Å²) in [5.41, 5.74) is 13.0. The molecule has 0 aromatic heterocycles. The molecule has 0 saturated heterocycles. The Balaban J connectivity index is 0.000000247. The molecular weight excluding hydrogens is 841 g/mol. The highest BCUT2D eigenvalue weighted by Crippen LogP contribution is 2.30. The second kappa shape index (κ2) is 25.8. The minimum Gasteiger partial charge on any atom is -0.369 e. The zero-order valence-corrected chi connectivity index (χ0v) is 38.7. The van der Waals surface area contributed by atoms with Crippen LogP contribution in [-0.2, 0) is 51.2 Å². The summed E-state index contributed by atoms with van der Waals surface area (Å²) in [5, 5.41) is 17.7. The molecule has 10 atom stereocenters. The van der Waals surface area contributed by atoms with Crippen molar-refractivity contribution in [3.05, 3.63) is 71.8 Å². The molecule has 0 bridgehead atoms. The topological polar surface area (TPSA) is 261 Å². The Bertz CT molecular complexity index is 1830. The van der Waals surface area contributed by atoms with Gasteiger partial charge in [0.1, 0.15) is 12.1 Å².